The number of unbranched alkanes of at least 4 members (excludes halogenated alkanes) is 6. The van der Waals surface area contributed by atoms with E-state index >= 15 is 0 Å². The van der Waals surface area contributed by atoms with Gasteiger partial charge in [0.1, 0.15) is 0 Å². The first kappa shape index (κ1) is 31.2. The maximum atomic E-state index is 13.9. The number of rotatable bonds is 21. The molecule has 8 heteroatoms. The second-order valence-electron chi connectivity index (χ2n) is 22.9. The van der Waals surface area contributed by atoms with Crippen molar-refractivity contribution < 1.29 is 29.6 Å². The van der Waals surface area contributed by atoms with Gasteiger partial charge in [0.2, 0.25) is 0 Å². The van der Waals surface area contributed by atoms with Crippen LogP contribution in [-0.2, 0) is 29.6 Å². The average Bonchev–Trinajstić information content (AvgIpc) is 3.90. The van der Waals surface area contributed by atoms with Crippen molar-refractivity contribution in [1.82, 2.24) is 0 Å². The summed E-state index contributed by atoms with van der Waals surface area (Å²) in [6, 6.07) is 0. The molecule has 46 heavy (non-hydrogen) atoms. The van der Waals surface area contributed by atoms with Crippen molar-refractivity contribution in [2.75, 3.05) is 39.6 Å². The minimum absolute atomic E-state index is 0.190. The first-order valence-corrected chi connectivity index (χ1v) is 31.3. The van der Waals surface area contributed by atoms with E-state index in [1.54, 1.807) is 0 Å². The third-order valence-corrected chi connectivity index (χ3v) is 77.1. The molecule has 0 radical (unpaired) electrons. The van der Waals surface area contributed by atoms with Crippen LogP contribution in [0.15, 0.2) is 0 Å². The summed E-state index contributed by atoms with van der Waals surface area (Å²) < 4.78 is 27.3. The molecule has 10 rings (SSSR count). The molecule has 0 aromatic carbocycles. The summed E-state index contributed by atoms with van der Waals surface area (Å²) in [4.78, 5) is 21.0. The van der Waals surface area contributed by atoms with E-state index in [9.17, 15) is 4.79 Å². The van der Waals surface area contributed by atoms with Crippen LogP contribution in [0.5, 0.6) is 0 Å². The van der Waals surface area contributed by atoms with Crippen LogP contribution in [0.1, 0.15) is 99.8 Å². The number of fused-ring (bicyclic) bond motifs is 10. The Hall–Kier alpha value is 0.463. The molecule has 0 saturated carbocycles. The molecule has 10 aliphatic heterocycles. The Morgan fingerprint density at radius 3 is 1.43 bits per heavy atom. The zero-order valence-corrected chi connectivity index (χ0v) is 34.4. The van der Waals surface area contributed by atoms with E-state index < -0.39 is 23.1 Å². The van der Waals surface area contributed by atoms with Gasteiger partial charge < -0.3 is 0 Å². The molecule has 1 spiro atoms. The van der Waals surface area contributed by atoms with Crippen molar-refractivity contribution in [2.24, 2.45) is 0 Å². The fourth-order valence-corrected chi connectivity index (χ4v) is 104. The van der Waals surface area contributed by atoms with E-state index in [2.05, 4.69) is 67.7 Å². The molecule has 0 bridgehead atoms. The first-order valence-electron chi connectivity index (χ1n) is 19.3. The van der Waals surface area contributed by atoms with E-state index in [1.807, 2.05) is 6.92 Å². The van der Waals surface area contributed by atoms with Gasteiger partial charge in [0.25, 0.3) is 0 Å². The molecule has 9 atom stereocenters. The van der Waals surface area contributed by atoms with Gasteiger partial charge in [-0.15, -0.1) is 0 Å². The van der Waals surface area contributed by atoms with Crippen LogP contribution in [0.4, 0.5) is 0 Å². The summed E-state index contributed by atoms with van der Waals surface area (Å²) in [6.07, 6.45) is 9.62. The number of Topliss-reactive ketones (excluding diaryl/α,β-unsaturated/α-hetero) is 1. The normalized spacial score (nSPS) is 56.4. The van der Waals surface area contributed by atoms with Crippen molar-refractivity contribution in [2.45, 2.75) is 183 Å². The Morgan fingerprint density at radius 1 is 0.609 bits per heavy atom. The van der Waals surface area contributed by atoms with Gasteiger partial charge in [0.05, 0.1) is 0 Å². The Bertz CT molecular complexity index is 1770. The van der Waals surface area contributed by atoms with Gasteiger partial charge >= 0.3 is 233 Å². The molecule has 0 aromatic heterocycles. The van der Waals surface area contributed by atoms with Gasteiger partial charge in [0.15, 0.2) is 0 Å². The van der Waals surface area contributed by atoms with Crippen LogP contribution in [-0.4, -0.2) is 62.1 Å². The number of ether oxygens (including phenoxy) is 2. The molecule has 0 N–H and O–H groups in total. The van der Waals surface area contributed by atoms with Gasteiger partial charge in [-0.2, -0.15) is 0 Å². The quantitative estimate of drug-likeness (QED) is 0.0874. The Morgan fingerprint density at radius 2 is 1.04 bits per heavy atom. The van der Waals surface area contributed by atoms with Gasteiger partial charge in [0, 0.05) is 0 Å². The molecule has 9 unspecified atom stereocenters. The van der Waals surface area contributed by atoms with Gasteiger partial charge in [-0.3, -0.25) is 0 Å². The summed E-state index contributed by atoms with van der Waals surface area (Å²) >= 11 is 0. The molecule has 266 valence electrons. The topological polar surface area (TPSA) is 54.0 Å². The van der Waals surface area contributed by atoms with Gasteiger partial charge in [-0.05, 0) is 0 Å². The van der Waals surface area contributed by atoms with Gasteiger partial charge in [-0.1, -0.05) is 41.5 Å². The first-order chi connectivity index (χ1) is 21.2. The molecule has 5 nitrogen and oxygen atoms in total. The third-order valence-electron chi connectivity index (χ3n) is 23.7. The second-order valence-corrected chi connectivity index (χ2v) is 55.6. The van der Waals surface area contributed by atoms with E-state index in [0.29, 0.717) is 19.4 Å². The number of ketones is 1. The summed E-state index contributed by atoms with van der Waals surface area (Å²) in [5.41, 5.74) is 0. The Balaban J connectivity index is 0.714. The summed E-state index contributed by atoms with van der Waals surface area (Å²) in [5.74, 6) is 0.638. The molecule has 0 amide bonds. The van der Waals surface area contributed by atoms with Crippen molar-refractivity contribution in [1.29, 1.82) is 0 Å². The third kappa shape index (κ3) is 0.982. The summed E-state index contributed by atoms with van der Waals surface area (Å²) in [7, 11) is -3.25. The Labute approximate surface area is 273 Å². The van der Waals surface area contributed by atoms with Crippen molar-refractivity contribution in [3.8, 4) is 0 Å². The van der Waals surface area contributed by atoms with Crippen LogP contribution in [0.25, 0.3) is 0 Å². The molecule has 0 aliphatic carbocycles. The van der Waals surface area contributed by atoms with Crippen LogP contribution in [0, 0.1) is 0 Å². The van der Waals surface area contributed by atoms with E-state index in [0.717, 1.165) is 86.2 Å². The minimum atomic E-state index is -4.03. The molecular formula is C38H68FeO5Si2. The summed E-state index contributed by atoms with van der Waals surface area (Å²) in [5, 5.41) is 0.582. The predicted molar refractivity (Wildman–Crippen MR) is 190 cm³/mol. The number of carbonyl (C=O) groups is 1. The molecule has 10 fully saturated rings. The summed E-state index contributed by atoms with van der Waals surface area (Å²) in [6.45, 7) is 27.0. The number of hydrogen-bond acceptors (Lipinski definition) is 5. The predicted octanol–water partition coefficient (Wildman–Crippen LogP) is 11.3. The van der Waals surface area contributed by atoms with Crippen LogP contribution < -0.4 is 0 Å². The fraction of sp³-hybridized carbons (Fsp3) is 0.974. The Kier molecular flexibility index (Phi) is 3.64. The van der Waals surface area contributed by atoms with Crippen LogP contribution in [0.3, 0.4) is 0 Å². The zero-order valence-electron chi connectivity index (χ0n) is 31.3. The number of hydrogen-bond donors (Lipinski definition) is 0. The molecule has 10 saturated heterocycles. The fourth-order valence-electron chi connectivity index (χ4n) is 22.5. The standard InChI is InChI=1S/C20H35O3Si.C18H33O2Si.Fe/c1-17(21)19-13-11-12-18(19)16-22-14-9-7-8-10-15-23-24(5,6)20(2,3)4;1-18(2,3)21(4,5)20-15-11-7-6-10-14-19-16-17-12-8-9-13-17;/h11-13H,7-10,14-16H2,1-6H3;8-9,12-13H,6-7,10-11,14-16H2,1-5H3;. The van der Waals surface area contributed by atoms with E-state index in [4.69, 9.17) is 18.3 Å². The van der Waals surface area contributed by atoms with E-state index in [1.165, 1.54) is 38.5 Å². The second kappa shape index (κ2) is 5.36. The molecule has 10 heterocycles. The zero-order chi connectivity index (χ0) is 33.2. The average molecular weight is 717 g/mol. The van der Waals surface area contributed by atoms with Crippen molar-refractivity contribution >= 4 is 22.4 Å². The SMILES string of the molecule is CC(=O)[C]12[CH]3[CH]4[CH]5[C]1(COCCCCCCO[Si](C)(C)C(C)(C)C)[Fe]45321678[CH]2[CH]1[CH]6[C]7(COCCCCCCO[Si](C)(C)C(C)(C)C)[CH]28. The van der Waals surface area contributed by atoms with Gasteiger partial charge in [-0.25, -0.2) is 0 Å². The number of carbonyl (C=O) groups excluding carboxylic acids is 1. The van der Waals surface area contributed by atoms with E-state index in [-0.39, 0.29) is 9.35 Å². The maximum absolute atomic E-state index is 13.9. The van der Waals surface area contributed by atoms with Crippen LogP contribution in [0.2, 0.25) is 82.9 Å². The van der Waals surface area contributed by atoms with Crippen molar-refractivity contribution in [3.63, 3.8) is 0 Å². The monoisotopic (exact) mass is 716 g/mol. The molecular weight excluding hydrogens is 648 g/mol. The van der Waals surface area contributed by atoms with Crippen molar-refractivity contribution in [3.05, 3.63) is 0 Å². The molecule has 10 aliphatic rings. The molecule has 0 aromatic rings. The van der Waals surface area contributed by atoms with Crippen LogP contribution >= 0.6 is 0 Å².